The van der Waals surface area contributed by atoms with Crippen molar-refractivity contribution in [2.24, 2.45) is 5.92 Å². The highest BCUT2D eigenvalue weighted by Gasteiger charge is 2.11. The van der Waals surface area contributed by atoms with E-state index in [1.807, 2.05) is 6.07 Å². The Morgan fingerprint density at radius 3 is 2.76 bits per heavy atom. The van der Waals surface area contributed by atoms with Gasteiger partial charge in [0.05, 0.1) is 4.92 Å². The van der Waals surface area contributed by atoms with Crippen molar-refractivity contribution in [2.45, 2.75) is 33.6 Å². The molecule has 0 aliphatic rings. The monoisotopic (exact) mass is 236 g/mol. The predicted octanol–water partition coefficient (Wildman–Crippen LogP) is 3.75. The van der Waals surface area contributed by atoms with Crippen LogP contribution in [0.1, 0.15) is 32.3 Å². The van der Waals surface area contributed by atoms with E-state index in [1.165, 1.54) is 6.42 Å². The van der Waals surface area contributed by atoms with Gasteiger partial charge in [-0.15, -0.1) is 0 Å². The molecule has 1 unspecified atom stereocenters. The molecule has 17 heavy (non-hydrogen) atoms. The van der Waals surface area contributed by atoms with Crippen molar-refractivity contribution in [3.8, 4) is 0 Å². The second-order valence-electron chi connectivity index (χ2n) is 4.53. The maximum atomic E-state index is 10.8. The van der Waals surface area contributed by atoms with Gasteiger partial charge < -0.3 is 5.32 Å². The van der Waals surface area contributed by atoms with E-state index >= 15 is 0 Å². The highest BCUT2D eigenvalue weighted by molar-refractivity contribution is 5.54. The van der Waals surface area contributed by atoms with Gasteiger partial charge in [0.15, 0.2) is 0 Å². The lowest BCUT2D eigenvalue weighted by molar-refractivity contribution is -0.385. The molecule has 1 rings (SSSR count). The average molecular weight is 236 g/mol. The minimum atomic E-state index is -0.337. The number of anilines is 1. The lowest BCUT2D eigenvalue weighted by Crippen LogP contribution is -2.11. The van der Waals surface area contributed by atoms with Crippen molar-refractivity contribution in [3.05, 3.63) is 33.9 Å². The predicted molar refractivity (Wildman–Crippen MR) is 70.4 cm³/mol. The van der Waals surface area contributed by atoms with E-state index in [9.17, 15) is 10.1 Å². The molecule has 1 aromatic rings. The van der Waals surface area contributed by atoms with Gasteiger partial charge in [-0.2, -0.15) is 0 Å². The van der Waals surface area contributed by atoms with E-state index in [2.05, 4.69) is 19.2 Å². The molecule has 0 aliphatic heterocycles. The second-order valence-corrected chi connectivity index (χ2v) is 4.53. The van der Waals surface area contributed by atoms with Gasteiger partial charge in [0.2, 0.25) is 0 Å². The van der Waals surface area contributed by atoms with Crippen LogP contribution in [0.2, 0.25) is 0 Å². The zero-order valence-corrected chi connectivity index (χ0v) is 10.7. The topological polar surface area (TPSA) is 55.2 Å². The molecule has 0 bridgehead atoms. The Morgan fingerprint density at radius 2 is 2.18 bits per heavy atom. The highest BCUT2D eigenvalue weighted by atomic mass is 16.6. The Balaban J connectivity index is 2.66. The fraction of sp³-hybridized carbons (Fsp3) is 0.538. The molecule has 1 N–H and O–H groups in total. The first kappa shape index (κ1) is 13.5. The van der Waals surface area contributed by atoms with Crippen LogP contribution in [0, 0.1) is 23.0 Å². The van der Waals surface area contributed by atoms with Crippen LogP contribution in [0.5, 0.6) is 0 Å². The molecule has 0 spiro atoms. The maximum Gasteiger partial charge on any atom is 0.274 e. The summed E-state index contributed by atoms with van der Waals surface area (Å²) in [6, 6.07) is 5.28. The first-order valence-electron chi connectivity index (χ1n) is 6.03. The van der Waals surface area contributed by atoms with Gasteiger partial charge in [0.25, 0.3) is 5.69 Å². The normalized spacial score (nSPS) is 12.2. The Bertz CT molecular complexity index is 391. The molecule has 94 valence electrons. The van der Waals surface area contributed by atoms with E-state index in [0.29, 0.717) is 11.5 Å². The van der Waals surface area contributed by atoms with Crippen molar-refractivity contribution in [3.63, 3.8) is 0 Å². The van der Waals surface area contributed by atoms with Crippen molar-refractivity contribution in [2.75, 3.05) is 11.9 Å². The number of hydrogen-bond donors (Lipinski definition) is 1. The van der Waals surface area contributed by atoms with Gasteiger partial charge in [0, 0.05) is 23.9 Å². The summed E-state index contributed by atoms with van der Waals surface area (Å²) < 4.78 is 0. The fourth-order valence-electron chi connectivity index (χ4n) is 1.80. The minimum absolute atomic E-state index is 0.179. The van der Waals surface area contributed by atoms with Crippen LogP contribution in [0.3, 0.4) is 0 Å². The number of nitrogens with zero attached hydrogens (tertiary/aromatic N) is 1. The van der Waals surface area contributed by atoms with Crippen molar-refractivity contribution in [1.82, 2.24) is 0 Å². The van der Waals surface area contributed by atoms with Crippen LogP contribution < -0.4 is 5.32 Å². The summed E-state index contributed by atoms with van der Waals surface area (Å²) in [6.45, 7) is 6.95. The average Bonchev–Trinajstić information content (AvgIpc) is 2.28. The van der Waals surface area contributed by atoms with Crippen LogP contribution in [0.25, 0.3) is 0 Å². The van der Waals surface area contributed by atoms with Gasteiger partial charge in [-0.05, 0) is 25.3 Å². The Kier molecular flexibility index (Phi) is 4.94. The third-order valence-electron chi connectivity index (χ3n) is 2.84. The SMILES string of the molecule is CCCC(C)CNc1ccc(C)c([N+](=O)[O-])c1. The Hall–Kier alpha value is -1.58. The fourth-order valence-corrected chi connectivity index (χ4v) is 1.80. The number of hydrogen-bond acceptors (Lipinski definition) is 3. The number of nitro groups is 1. The van der Waals surface area contributed by atoms with E-state index < -0.39 is 0 Å². The van der Waals surface area contributed by atoms with Gasteiger partial charge in [-0.1, -0.05) is 26.3 Å². The number of nitro benzene ring substituents is 1. The number of benzene rings is 1. The van der Waals surface area contributed by atoms with E-state index in [1.54, 1.807) is 19.1 Å². The third-order valence-corrected chi connectivity index (χ3v) is 2.84. The van der Waals surface area contributed by atoms with Gasteiger partial charge in [0.1, 0.15) is 0 Å². The van der Waals surface area contributed by atoms with E-state index in [4.69, 9.17) is 0 Å². The molecule has 0 saturated carbocycles. The van der Waals surface area contributed by atoms with E-state index in [0.717, 1.165) is 18.7 Å². The van der Waals surface area contributed by atoms with Crippen LogP contribution >= 0.6 is 0 Å². The molecule has 0 saturated heterocycles. The molecule has 4 nitrogen and oxygen atoms in total. The minimum Gasteiger partial charge on any atom is -0.385 e. The Morgan fingerprint density at radius 1 is 1.47 bits per heavy atom. The van der Waals surface area contributed by atoms with Gasteiger partial charge >= 0.3 is 0 Å². The summed E-state index contributed by atoms with van der Waals surface area (Å²) in [7, 11) is 0. The van der Waals surface area contributed by atoms with Crippen molar-refractivity contribution >= 4 is 11.4 Å². The molecule has 0 aromatic heterocycles. The molecule has 0 fully saturated rings. The lowest BCUT2D eigenvalue weighted by atomic mass is 10.1. The molecule has 1 aromatic carbocycles. The molecule has 0 heterocycles. The van der Waals surface area contributed by atoms with Crippen LogP contribution in [-0.2, 0) is 0 Å². The molecule has 0 amide bonds. The summed E-state index contributed by atoms with van der Waals surface area (Å²) in [5.41, 5.74) is 1.70. The number of nitrogens with one attached hydrogen (secondary N) is 1. The van der Waals surface area contributed by atoms with Gasteiger partial charge in [-0.25, -0.2) is 0 Å². The maximum absolute atomic E-state index is 10.8. The molecular weight excluding hydrogens is 216 g/mol. The molecular formula is C13H20N2O2. The highest BCUT2D eigenvalue weighted by Crippen LogP contribution is 2.22. The Labute approximate surface area is 102 Å². The quantitative estimate of drug-likeness (QED) is 0.604. The van der Waals surface area contributed by atoms with Crippen molar-refractivity contribution < 1.29 is 4.92 Å². The third kappa shape index (κ3) is 4.06. The number of rotatable bonds is 6. The first-order chi connectivity index (χ1) is 8.04. The summed E-state index contributed by atoms with van der Waals surface area (Å²) >= 11 is 0. The standard InChI is InChI=1S/C13H20N2O2/c1-4-5-10(2)9-14-12-7-6-11(3)13(8-12)15(16)17/h6-8,10,14H,4-5,9H2,1-3H3. The molecule has 4 heteroatoms. The summed E-state index contributed by atoms with van der Waals surface area (Å²) in [5.74, 6) is 0.584. The second kappa shape index (κ2) is 6.23. The zero-order valence-electron chi connectivity index (χ0n) is 10.7. The summed E-state index contributed by atoms with van der Waals surface area (Å²) in [6.07, 6.45) is 2.33. The first-order valence-corrected chi connectivity index (χ1v) is 6.03. The van der Waals surface area contributed by atoms with Crippen LogP contribution in [-0.4, -0.2) is 11.5 Å². The largest absolute Gasteiger partial charge is 0.385 e. The van der Waals surface area contributed by atoms with Crippen LogP contribution in [0.15, 0.2) is 18.2 Å². The summed E-state index contributed by atoms with van der Waals surface area (Å²) in [5, 5.41) is 14.0. The molecule has 0 aliphatic carbocycles. The van der Waals surface area contributed by atoms with E-state index in [-0.39, 0.29) is 10.6 Å². The van der Waals surface area contributed by atoms with Crippen molar-refractivity contribution in [1.29, 1.82) is 0 Å². The van der Waals surface area contributed by atoms with Gasteiger partial charge in [-0.3, -0.25) is 10.1 Å². The summed E-state index contributed by atoms with van der Waals surface area (Å²) in [4.78, 5) is 10.5. The number of aryl methyl sites for hydroxylation is 1. The molecule has 0 radical (unpaired) electrons. The zero-order chi connectivity index (χ0) is 12.8. The van der Waals surface area contributed by atoms with Crippen LogP contribution in [0.4, 0.5) is 11.4 Å². The molecule has 1 atom stereocenters. The lowest BCUT2D eigenvalue weighted by Gasteiger charge is -2.12. The smallest absolute Gasteiger partial charge is 0.274 e.